The Kier molecular flexibility index (Phi) is 7.84. The number of hydrogen-bond donors (Lipinski definition) is 1. The molecule has 1 fully saturated rings. The summed E-state index contributed by atoms with van der Waals surface area (Å²) in [6, 6.07) is 10.4. The second-order valence-electron chi connectivity index (χ2n) is 10.0. The van der Waals surface area contributed by atoms with Gasteiger partial charge >= 0.3 is 0 Å². The van der Waals surface area contributed by atoms with Crippen LogP contribution >= 0.6 is 0 Å². The van der Waals surface area contributed by atoms with Crippen LogP contribution < -0.4 is 10.9 Å². The molecule has 35 heavy (non-hydrogen) atoms. The van der Waals surface area contributed by atoms with Gasteiger partial charge < -0.3 is 15.1 Å². The smallest absolute Gasteiger partial charge is 0.268 e. The maximum Gasteiger partial charge on any atom is 0.268 e. The van der Waals surface area contributed by atoms with Gasteiger partial charge in [-0.3, -0.25) is 9.36 Å². The van der Waals surface area contributed by atoms with Crippen molar-refractivity contribution in [1.82, 2.24) is 24.3 Å². The van der Waals surface area contributed by atoms with E-state index in [1.807, 2.05) is 27.9 Å². The molecule has 0 bridgehead atoms. The summed E-state index contributed by atoms with van der Waals surface area (Å²) in [5.41, 5.74) is 3.31. The molecule has 1 saturated heterocycles. The lowest BCUT2D eigenvalue weighted by Gasteiger charge is -2.29. The van der Waals surface area contributed by atoms with Crippen molar-refractivity contribution in [3.05, 3.63) is 58.0 Å². The van der Waals surface area contributed by atoms with Crippen LogP contribution in [0.5, 0.6) is 0 Å². The summed E-state index contributed by atoms with van der Waals surface area (Å²) in [5.74, 6) is 7.44. The SMILES string of the molecule is CC(C)C#Cc1cc2cnc(Nc3ccc(C4CCN(C)CC4)cc3)nc2n(CCN(C)C)c1=O. The molecule has 1 aliphatic rings. The molecule has 3 heterocycles. The number of rotatable bonds is 6. The first-order valence-electron chi connectivity index (χ1n) is 12.4. The van der Waals surface area contributed by atoms with Gasteiger partial charge in [0.05, 0.1) is 5.56 Å². The van der Waals surface area contributed by atoms with Gasteiger partial charge in [0, 0.05) is 36.3 Å². The van der Waals surface area contributed by atoms with Crippen LogP contribution in [0.3, 0.4) is 0 Å². The minimum atomic E-state index is -0.111. The van der Waals surface area contributed by atoms with E-state index in [1.165, 1.54) is 18.4 Å². The molecule has 7 nitrogen and oxygen atoms in total. The predicted octanol–water partition coefficient (Wildman–Crippen LogP) is 3.91. The first kappa shape index (κ1) is 24.9. The molecule has 0 aliphatic carbocycles. The topological polar surface area (TPSA) is 66.3 Å². The lowest BCUT2D eigenvalue weighted by molar-refractivity contribution is 0.255. The first-order chi connectivity index (χ1) is 16.8. The fraction of sp³-hybridized carbons (Fsp3) is 0.464. The summed E-state index contributed by atoms with van der Waals surface area (Å²) >= 11 is 0. The van der Waals surface area contributed by atoms with Crippen molar-refractivity contribution in [3.63, 3.8) is 0 Å². The monoisotopic (exact) mass is 472 g/mol. The Balaban J connectivity index is 1.61. The molecule has 0 unspecified atom stereocenters. The van der Waals surface area contributed by atoms with Crippen LogP contribution in [0.25, 0.3) is 11.0 Å². The maximum absolute atomic E-state index is 13.2. The number of pyridine rings is 1. The lowest BCUT2D eigenvalue weighted by atomic mass is 9.89. The zero-order valence-electron chi connectivity index (χ0n) is 21.5. The highest BCUT2D eigenvalue weighted by Crippen LogP contribution is 2.28. The summed E-state index contributed by atoms with van der Waals surface area (Å²) in [6.07, 6.45) is 4.17. The van der Waals surface area contributed by atoms with E-state index in [9.17, 15) is 4.79 Å². The largest absolute Gasteiger partial charge is 0.324 e. The Morgan fingerprint density at radius 2 is 1.89 bits per heavy atom. The fourth-order valence-electron chi connectivity index (χ4n) is 4.35. The van der Waals surface area contributed by atoms with Gasteiger partial charge in [-0.2, -0.15) is 4.98 Å². The number of benzene rings is 1. The quantitative estimate of drug-likeness (QED) is 0.549. The zero-order chi connectivity index (χ0) is 24.9. The maximum atomic E-state index is 13.2. The summed E-state index contributed by atoms with van der Waals surface area (Å²) < 4.78 is 1.72. The Hall–Kier alpha value is -3.21. The number of piperidine rings is 1. The molecule has 0 amide bonds. The van der Waals surface area contributed by atoms with Crippen molar-refractivity contribution < 1.29 is 0 Å². The van der Waals surface area contributed by atoms with E-state index in [1.54, 1.807) is 16.8 Å². The number of hydrogen-bond acceptors (Lipinski definition) is 6. The molecule has 1 aliphatic heterocycles. The Bertz CT molecular complexity index is 1280. The third-order valence-corrected chi connectivity index (χ3v) is 6.45. The number of likely N-dealkylation sites (tertiary alicyclic amines) is 1. The van der Waals surface area contributed by atoms with Crippen LogP contribution in [-0.2, 0) is 6.54 Å². The summed E-state index contributed by atoms with van der Waals surface area (Å²) in [7, 11) is 6.17. The number of fused-ring (bicyclic) bond motifs is 1. The second-order valence-corrected chi connectivity index (χ2v) is 10.0. The molecule has 1 N–H and O–H groups in total. The van der Waals surface area contributed by atoms with E-state index < -0.39 is 0 Å². The van der Waals surface area contributed by atoms with Crippen molar-refractivity contribution in [2.75, 3.05) is 46.1 Å². The molecule has 1 aromatic carbocycles. The first-order valence-corrected chi connectivity index (χ1v) is 12.4. The van der Waals surface area contributed by atoms with Gasteiger partial charge in [-0.15, -0.1) is 0 Å². The van der Waals surface area contributed by atoms with Gasteiger partial charge in [0.2, 0.25) is 5.95 Å². The zero-order valence-corrected chi connectivity index (χ0v) is 21.5. The van der Waals surface area contributed by atoms with Crippen molar-refractivity contribution in [1.29, 1.82) is 0 Å². The van der Waals surface area contributed by atoms with Crippen LogP contribution in [0.1, 0.15) is 43.7 Å². The number of aromatic nitrogens is 3. The Morgan fingerprint density at radius 1 is 1.17 bits per heavy atom. The Labute approximate surface area is 208 Å². The minimum Gasteiger partial charge on any atom is -0.324 e. The second kappa shape index (κ2) is 11.0. The molecule has 4 rings (SSSR count). The predicted molar refractivity (Wildman–Crippen MR) is 143 cm³/mol. The highest BCUT2D eigenvalue weighted by molar-refractivity contribution is 5.77. The van der Waals surface area contributed by atoms with Gasteiger partial charge in [-0.1, -0.05) is 37.8 Å². The summed E-state index contributed by atoms with van der Waals surface area (Å²) in [6.45, 7) is 7.58. The third kappa shape index (κ3) is 6.27. The van der Waals surface area contributed by atoms with E-state index in [0.717, 1.165) is 30.7 Å². The molecular formula is C28H36N6O. The van der Waals surface area contributed by atoms with Crippen LogP contribution in [-0.4, -0.2) is 65.1 Å². The standard InChI is InChI=1S/C28H36N6O/c1-20(2)6-7-23-18-24-19-29-28(31-26(24)34(27(23)35)17-16-32(3)4)30-25-10-8-21(9-11-25)22-12-14-33(5)15-13-22/h8-11,18-20,22H,12-17H2,1-5H3,(H,29,30,31). The van der Waals surface area contributed by atoms with Crippen molar-refractivity contribution in [2.45, 2.75) is 39.2 Å². The van der Waals surface area contributed by atoms with Gasteiger partial charge in [0.15, 0.2) is 0 Å². The van der Waals surface area contributed by atoms with E-state index in [4.69, 9.17) is 4.98 Å². The summed E-state index contributed by atoms with van der Waals surface area (Å²) in [5, 5.41) is 4.12. The minimum absolute atomic E-state index is 0.111. The van der Waals surface area contributed by atoms with Crippen molar-refractivity contribution >= 4 is 22.7 Å². The van der Waals surface area contributed by atoms with Gasteiger partial charge in [-0.25, -0.2) is 4.98 Å². The summed E-state index contributed by atoms with van der Waals surface area (Å²) in [4.78, 5) is 26.9. The van der Waals surface area contributed by atoms with Crippen LogP contribution in [0.2, 0.25) is 0 Å². The third-order valence-electron chi connectivity index (χ3n) is 6.45. The normalized spacial score (nSPS) is 14.9. The number of nitrogens with zero attached hydrogens (tertiary/aromatic N) is 5. The molecule has 0 saturated carbocycles. The van der Waals surface area contributed by atoms with E-state index in [-0.39, 0.29) is 11.5 Å². The van der Waals surface area contributed by atoms with E-state index in [2.05, 4.69) is 63.3 Å². The van der Waals surface area contributed by atoms with Crippen LogP contribution in [0.4, 0.5) is 11.6 Å². The van der Waals surface area contributed by atoms with Crippen LogP contribution in [0, 0.1) is 17.8 Å². The fourth-order valence-corrected chi connectivity index (χ4v) is 4.35. The van der Waals surface area contributed by atoms with Gasteiger partial charge in [0.1, 0.15) is 5.65 Å². The van der Waals surface area contributed by atoms with Crippen LogP contribution in [0.15, 0.2) is 41.3 Å². The average molecular weight is 473 g/mol. The highest BCUT2D eigenvalue weighted by Gasteiger charge is 2.18. The molecule has 184 valence electrons. The van der Waals surface area contributed by atoms with Gasteiger partial charge in [-0.05, 0) is 76.8 Å². The van der Waals surface area contributed by atoms with Crippen molar-refractivity contribution in [2.24, 2.45) is 5.92 Å². The molecular weight excluding hydrogens is 436 g/mol. The number of anilines is 2. The molecule has 7 heteroatoms. The number of nitrogens with one attached hydrogen (secondary N) is 1. The van der Waals surface area contributed by atoms with E-state index >= 15 is 0 Å². The molecule has 3 aromatic rings. The molecule has 0 radical (unpaired) electrons. The van der Waals surface area contributed by atoms with Crippen molar-refractivity contribution in [3.8, 4) is 11.8 Å². The van der Waals surface area contributed by atoms with E-state index in [0.29, 0.717) is 29.6 Å². The Morgan fingerprint density at radius 3 is 2.54 bits per heavy atom. The average Bonchev–Trinajstić information content (AvgIpc) is 2.83. The number of likely N-dealkylation sites (N-methyl/N-ethyl adjacent to an activating group) is 1. The highest BCUT2D eigenvalue weighted by atomic mass is 16.1. The molecule has 0 atom stereocenters. The molecule has 0 spiro atoms. The molecule has 2 aromatic heterocycles. The lowest BCUT2D eigenvalue weighted by Crippen LogP contribution is -2.29. The van der Waals surface area contributed by atoms with Gasteiger partial charge in [0.25, 0.3) is 5.56 Å².